The van der Waals surface area contributed by atoms with E-state index in [1.807, 2.05) is 40.7 Å². The number of rotatable bonds is 23. The first-order valence-electron chi connectivity index (χ1n) is 27.2. The average molecular weight is 1210 g/mol. The molecule has 7 rings (SSSR count). The minimum atomic E-state index is -5.31. The average Bonchev–Trinajstić information content (AvgIpc) is 1.61. The van der Waals surface area contributed by atoms with Gasteiger partial charge in [0.2, 0.25) is 17.7 Å². The van der Waals surface area contributed by atoms with Crippen molar-refractivity contribution in [3.05, 3.63) is 104 Å². The number of hydrogen-bond donors (Lipinski definition) is 6. The molecule has 460 valence electrons. The summed E-state index contributed by atoms with van der Waals surface area (Å²) < 4.78 is 92.1. The molecule has 0 saturated heterocycles. The molecule has 4 aromatic rings. The zero-order valence-corrected chi connectivity index (χ0v) is 47.7. The van der Waals surface area contributed by atoms with Crippen LogP contribution in [-0.4, -0.2) is 159 Å². The largest absolute Gasteiger partial charge is 0.480 e. The lowest BCUT2D eigenvalue weighted by molar-refractivity contribution is -0.153. The third kappa shape index (κ3) is 14.1. The number of aliphatic carboxylic acids is 4. The van der Waals surface area contributed by atoms with Crippen LogP contribution in [0.4, 0.5) is 26.3 Å². The van der Waals surface area contributed by atoms with Gasteiger partial charge in [-0.25, -0.2) is 4.98 Å². The lowest BCUT2D eigenvalue weighted by Gasteiger charge is -2.29. The molecule has 1 unspecified atom stereocenters. The van der Waals surface area contributed by atoms with E-state index in [4.69, 9.17) is 14.7 Å². The molecule has 6 heterocycles. The van der Waals surface area contributed by atoms with Crippen molar-refractivity contribution in [2.45, 2.75) is 117 Å². The second kappa shape index (κ2) is 25.7. The summed E-state index contributed by atoms with van der Waals surface area (Å²) in [7, 11) is 0. The Balaban J connectivity index is 1.49. The van der Waals surface area contributed by atoms with E-state index in [1.165, 1.54) is 6.92 Å². The highest BCUT2D eigenvalue weighted by Gasteiger charge is 2.43. The SMILES string of the molecule is CCCCOC(C)c1c(C)c2cc3nc(c4c5[nH]c(cc6nc(cc1[nH]2)C(C)=C6CC)c(C)c5C(=O)N(Cc1cc(C(F)(F)F)cc(C(F)(F)F)c1)C4=O)[C@@H](CCC(=O)N(CC(=O)N(CC(=O)O)CC(=O)O)CC(=O)N(CC(=O)O)CC(=O)O)[C@@H]3C. The van der Waals surface area contributed by atoms with Crippen LogP contribution in [0.5, 0.6) is 0 Å². The number of aromatic amines is 2. The van der Waals surface area contributed by atoms with Gasteiger partial charge < -0.3 is 49.8 Å². The molecular weight excluding hydrogens is 1150 g/mol. The van der Waals surface area contributed by atoms with Gasteiger partial charge >= 0.3 is 36.2 Å². The number of halogens is 6. The molecule has 1 aromatic carbocycles. The van der Waals surface area contributed by atoms with Crippen LogP contribution >= 0.6 is 0 Å². The molecule has 0 aliphatic carbocycles. The number of ether oxygens (including phenoxy) is 1. The van der Waals surface area contributed by atoms with E-state index >= 15 is 4.79 Å². The predicted molar refractivity (Wildman–Crippen MR) is 294 cm³/mol. The molecule has 86 heavy (non-hydrogen) atoms. The van der Waals surface area contributed by atoms with E-state index in [9.17, 15) is 85.1 Å². The van der Waals surface area contributed by atoms with Crippen LogP contribution in [0.2, 0.25) is 0 Å². The Kier molecular flexibility index (Phi) is 19.3. The summed E-state index contributed by atoms with van der Waals surface area (Å²) in [4.78, 5) is 138. The van der Waals surface area contributed by atoms with Crippen LogP contribution in [0.25, 0.3) is 33.2 Å². The van der Waals surface area contributed by atoms with Gasteiger partial charge in [-0.15, -0.1) is 0 Å². The molecule has 8 bridgehead atoms. The highest BCUT2D eigenvalue weighted by molar-refractivity contribution is 6.23. The summed E-state index contributed by atoms with van der Waals surface area (Å²) >= 11 is 0. The van der Waals surface area contributed by atoms with Gasteiger partial charge in [0.15, 0.2) is 0 Å². The lowest BCUT2D eigenvalue weighted by Crippen LogP contribution is -2.50. The van der Waals surface area contributed by atoms with Crippen molar-refractivity contribution in [2.75, 3.05) is 45.9 Å². The smallest absolute Gasteiger partial charge is 0.416 e. The van der Waals surface area contributed by atoms with Crippen molar-refractivity contribution in [2.24, 2.45) is 0 Å². The number of carboxylic acids is 4. The molecule has 3 aliphatic heterocycles. The maximum atomic E-state index is 15.5. The molecular formula is C58H62F6N8O14. The second-order valence-electron chi connectivity index (χ2n) is 21.2. The Hall–Kier alpha value is -8.95. The highest BCUT2D eigenvalue weighted by atomic mass is 19.4. The molecule has 5 amide bonds. The Labute approximate surface area is 486 Å². The minimum absolute atomic E-state index is 0.106. The number of carbonyl (C=O) groups is 9. The van der Waals surface area contributed by atoms with Gasteiger partial charge in [0, 0.05) is 52.7 Å². The van der Waals surface area contributed by atoms with E-state index in [0.29, 0.717) is 72.7 Å². The number of aryl methyl sites for hydroxylation is 2. The fourth-order valence-electron chi connectivity index (χ4n) is 10.9. The normalized spacial score (nSPS) is 15.4. The van der Waals surface area contributed by atoms with Crippen molar-refractivity contribution < 1.29 is 94.7 Å². The summed E-state index contributed by atoms with van der Waals surface area (Å²) in [6, 6.07) is 5.83. The first-order chi connectivity index (χ1) is 40.2. The summed E-state index contributed by atoms with van der Waals surface area (Å²) in [6.45, 7) is 4.78. The van der Waals surface area contributed by atoms with Crippen molar-refractivity contribution in [1.29, 1.82) is 0 Å². The van der Waals surface area contributed by atoms with E-state index < -0.39 is 159 Å². The molecule has 0 saturated carbocycles. The van der Waals surface area contributed by atoms with Crippen LogP contribution < -0.4 is 0 Å². The molecule has 0 spiro atoms. The van der Waals surface area contributed by atoms with Crippen LogP contribution in [0, 0.1) is 13.8 Å². The van der Waals surface area contributed by atoms with Gasteiger partial charge in [0.05, 0.1) is 57.5 Å². The molecule has 6 N–H and O–H groups in total. The van der Waals surface area contributed by atoms with Crippen molar-refractivity contribution in [1.82, 2.24) is 39.5 Å². The number of benzene rings is 1. The van der Waals surface area contributed by atoms with E-state index in [-0.39, 0.29) is 45.2 Å². The van der Waals surface area contributed by atoms with Crippen LogP contribution in [0.15, 0.2) is 36.4 Å². The first-order valence-corrected chi connectivity index (χ1v) is 27.2. The monoisotopic (exact) mass is 1210 g/mol. The van der Waals surface area contributed by atoms with Gasteiger partial charge in [-0.3, -0.25) is 53.0 Å². The molecule has 3 atom stereocenters. The molecule has 0 radical (unpaired) electrons. The maximum Gasteiger partial charge on any atom is 0.416 e. The fraction of sp³-hybridized carbons (Fsp3) is 0.431. The number of hydrogen-bond acceptors (Lipinski definition) is 12. The number of imide groups is 1. The number of alkyl halides is 6. The Morgan fingerprint density at radius 2 is 1.17 bits per heavy atom. The van der Waals surface area contributed by atoms with Gasteiger partial charge in [-0.1, -0.05) is 27.2 Å². The molecule has 0 fully saturated rings. The van der Waals surface area contributed by atoms with E-state index in [2.05, 4.69) is 9.97 Å². The molecule has 28 heteroatoms. The number of nitrogens with one attached hydrogen (secondary N) is 2. The van der Waals surface area contributed by atoms with Crippen LogP contribution in [-0.2, 0) is 57.2 Å². The molecule has 3 aliphatic rings. The van der Waals surface area contributed by atoms with Crippen LogP contribution in [0.3, 0.4) is 0 Å². The molecule has 22 nitrogen and oxygen atoms in total. The number of carbonyl (C=O) groups excluding carboxylic acids is 5. The maximum absolute atomic E-state index is 15.5. The Morgan fingerprint density at radius 1 is 0.663 bits per heavy atom. The lowest BCUT2D eigenvalue weighted by atomic mass is 9.84. The number of nitrogens with zero attached hydrogens (tertiary/aromatic N) is 6. The van der Waals surface area contributed by atoms with Crippen molar-refractivity contribution >= 4 is 86.6 Å². The Morgan fingerprint density at radius 3 is 1.69 bits per heavy atom. The van der Waals surface area contributed by atoms with Gasteiger partial charge in [0.25, 0.3) is 11.8 Å². The first kappa shape index (κ1) is 64.6. The standard InChI is InChI=1S/C58H62F6N8O14/c1-8-10-13-86-31(7)50-29(5)39-17-38-28(4)36(11-12-43(73)69(21-44(74)70(23-46(76)77)24-47(78)79)22-45(75)71(25-48(80)81)26-49(82)83)53(67-38)52-54-51(30(6)40(68-54)18-41-35(9-2)27(3)37(65-41)19-42(50)66-39)55(84)72(56(52)85)20-32-14-33(57(59,60)61)16-34(15-32)58(62,63)64/h14-19,28,31,36,66,68H,8-13,20-26H2,1-7H3,(H,76,77)(H,78,79)(H,80,81)(H,82,83)/t28-,31?,36-/m0/s1. The predicted octanol–water partition coefficient (Wildman–Crippen LogP) is 8.48. The number of unbranched alkanes of at least 4 members (excludes halogenated alkanes) is 1. The van der Waals surface area contributed by atoms with Crippen molar-refractivity contribution in [3.63, 3.8) is 0 Å². The van der Waals surface area contributed by atoms with E-state index in [0.717, 1.165) is 29.6 Å². The minimum Gasteiger partial charge on any atom is -0.480 e. The molecule has 3 aromatic heterocycles. The number of carboxylic acid groups (broad SMARTS) is 4. The summed E-state index contributed by atoms with van der Waals surface area (Å²) in [6.07, 6.45) is -10.2. The summed E-state index contributed by atoms with van der Waals surface area (Å²) in [5.41, 5.74) is 0.700. The number of aromatic nitrogens is 4. The third-order valence-corrected chi connectivity index (χ3v) is 15.3. The Bertz CT molecular complexity index is 3550. The van der Waals surface area contributed by atoms with Crippen LogP contribution in [0.1, 0.15) is 162 Å². The number of allylic oxidation sites excluding steroid dienone is 2. The number of amides is 5. The van der Waals surface area contributed by atoms with Gasteiger partial charge in [0.1, 0.15) is 39.3 Å². The zero-order valence-electron chi connectivity index (χ0n) is 47.7. The number of fused-ring (bicyclic) bond motifs is 8. The second-order valence-corrected chi connectivity index (χ2v) is 21.2. The van der Waals surface area contributed by atoms with Crippen molar-refractivity contribution in [3.8, 4) is 0 Å². The van der Waals surface area contributed by atoms with Gasteiger partial charge in [-0.05, 0) is 111 Å². The third-order valence-electron chi connectivity index (χ3n) is 15.3. The summed E-state index contributed by atoms with van der Waals surface area (Å²) in [5.74, 6) is -14.8. The van der Waals surface area contributed by atoms with Gasteiger partial charge in [-0.2, -0.15) is 26.3 Å². The zero-order chi connectivity index (χ0) is 63.6. The summed E-state index contributed by atoms with van der Waals surface area (Å²) in [5, 5.41) is 38.1. The van der Waals surface area contributed by atoms with E-state index in [1.54, 1.807) is 19.1 Å². The number of H-pyrrole nitrogens is 2. The quantitative estimate of drug-likeness (QED) is 0.0230. The fourth-order valence-corrected chi connectivity index (χ4v) is 10.9. The topological polar surface area (TPSA) is 314 Å². The highest BCUT2D eigenvalue weighted by Crippen LogP contribution is 2.46.